The van der Waals surface area contributed by atoms with Crippen molar-refractivity contribution in [3.63, 3.8) is 0 Å². The normalized spacial score (nSPS) is 19.8. The van der Waals surface area contributed by atoms with Crippen LogP contribution in [0, 0.1) is 0 Å². The van der Waals surface area contributed by atoms with Crippen molar-refractivity contribution in [2.45, 2.75) is 12.5 Å². The Kier molecular flexibility index (Phi) is 2.89. The molecule has 0 fully saturated rings. The van der Waals surface area contributed by atoms with E-state index in [-0.39, 0.29) is 0 Å². The number of aliphatic imine (C=N–C) groups is 1. The Balaban J connectivity index is 2.34. The number of allylic oxidation sites excluding steroid dienone is 1. The number of anilines is 1. The molecule has 1 aliphatic heterocycles. The van der Waals surface area contributed by atoms with Crippen molar-refractivity contribution in [2.24, 2.45) is 10.7 Å². The Hall–Kier alpha value is -1.82. The van der Waals surface area contributed by atoms with Gasteiger partial charge >= 0.3 is 6.18 Å². The molecule has 0 saturated heterocycles. The second-order valence-corrected chi connectivity index (χ2v) is 3.51. The summed E-state index contributed by atoms with van der Waals surface area (Å²) in [6.45, 7) is 0. The van der Waals surface area contributed by atoms with Crippen molar-refractivity contribution in [3.8, 4) is 0 Å². The molecule has 2 N–H and O–H groups in total. The summed E-state index contributed by atoms with van der Waals surface area (Å²) in [4.78, 5) is 5.36. The Labute approximate surface area is 96.1 Å². The van der Waals surface area contributed by atoms with Gasteiger partial charge in [0.15, 0.2) is 6.29 Å². The van der Waals surface area contributed by atoms with Gasteiger partial charge in [0.25, 0.3) is 0 Å². The summed E-state index contributed by atoms with van der Waals surface area (Å²) in [5, 5.41) is 0. The zero-order chi connectivity index (χ0) is 12.5. The fourth-order valence-electron chi connectivity index (χ4n) is 1.51. The number of nitrogens with zero attached hydrogens (tertiary/aromatic N) is 2. The number of halogens is 3. The molecule has 0 aromatic heterocycles. The summed E-state index contributed by atoms with van der Waals surface area (Å²) >= 11 is 0. The fourth-order valence-corrected chi connectivity index (χ4v) is 1.51. The van der Waals surface area contributed by atoms with E-state index in [1.54, 1.807) is 18.3 Å². The van der Waals surface area contributed by atoms with Crippen molar-refractivity contribution in [3.05, 3.63) is 42.1 Å². The molecular weight excluding hydrogens is 231 g/mol. The quantitative estimate of drug-likeness (QED) is 0.820. The van der Waals surface area contributed by atoms with Crippen LogP contribution < -0.4 is 10.6 Å². The van der Waals surface area contributed by atoms with Crippen LogP contribution in [0.15, 0.2) is 41.5 Å². The third-order valence-corrected chi connectivity index (χ3v) is 2.33. The van der Waals surface area contributed by atoms with E-state index in [1.807, 2.05) is 0 Å². The summed E-state index contributed by atoms with van der Waals surface area (Å²) in [6, 6.07) is 4.97. The van der Waals surface area contributed by atoms with Gasteiger partial charge in [0.1, 0.15) is 0 Å². The molecule has 3 nitrogen and oxygen atoms in total. The van der Waals surface area contributed by atoms with Crippen LogP contribution in [-0.2, 0) is 6.18 Å². The Morgan fingerprint density at radius 1 is 1.29 bits per heavy atom. The summed E-state index contributed by atoms with van der Waals surface area (Å²) in [5.74, 6) is 0. The van der Waals surface area contributed by atoms with Crippen LogP contribution >= 0.6 is 0 Å². The zero-order valence-electron chi connectivity index (χ0n) is 8.72. The van der Waals surface area contributed by atoms with E-state index in [9.17, 15) is 13.2 Å². The molecule has 0 amide bonds. The van der Waals surface area contributed by atoms with Crippen LogP contribution in [0.3, 0.4) is 0 Å². The van der Waals surface area contributed by atoms with Gasteiger partial charge in [-0.1, -0.05) is 6.07 Å². The Morgan fingerprint density at radius 3 is 2.71 bits per heavy atom. The van der Waals surface area contributed by atoms with Crippen molar-refractivity contribution >= 4 is 11.9 Å². The predicted octanol–water partition coefficient (Wildman–Crippen LogP) is 2.35. The highest BCUT2D eigenvalue weighted by Gasteiger charge is 2.31. The van der Waals surface area contributed by atoms with E-state index in [0.29, 0.717) is 5.69 Å². The first kappa shape index (κ1) is 11.7. The maximum atomic E-state index is 12.5. The molecule has 17 heavy (non-hydrogen) atoms. The molecule has 90 valence electrons. The standard InChI is InChI=1S/C11H10F3N3/c12-11(13,14)8-3-1-4-9(7-8)17-6-2-5-16-10(17)15/h1-7,10H,15H2. The second kappa shape index (κ2) is 4.21. The first-order valence-electron chi connectivity index (χ1n) is 4.89. The lowest BCUT2D eigenvalue weighted by Gasteiger charge is -2.26. The topological polar surface area (TPSA) is 41.6 Å². The number of hydrogen-bond acceptors (Lipinski definition) is 3. The average Bonchev–Trinajstić information content (AvgIpc) is 2.29. The molecule has 0 radical (unpaired) electrons. The lowest BCUT2D eigenvalue weighted by molar-refractivity contribution is -0.137. The van der Waals surface area contributed by atoms with E-state index in [4.69, 9.17) is 5.73 Å². The maximum absolute atomic E-state index is 12.5. The molecule has 1 atom stereocenters. The number of alkyl halides is 3. The summed E-state index contributed by atoms with van der Waals surface area (Å²) < 4.78 is 37.6. The van der Waals surface area contributed by atoms with Gasteiger partial charge in [-0.3, -0.25) is 10.7 Å². The minimum Gasteiger partial charge on any atom is -0.313 e. The summed E-state index contributed by atoms with van der Waals surface area (Å²) in [6.07, 6.45) is -0.336. The van der Waals surface area contributed by atoms with Crippen molar-refractivity contribution in [2.75, 3.05) is 4.90 Å². The van der Waals surface area contributed by atoms with Crippen molar-refractivity contribution in [1.29, 1.82) is 0 Å². The highest BCUT2D eigenvalue weighted by molar-refractivity contribution is 5.74. The second-order valence-electron chi connectivity index (χ2n) is 3.51. The summed E-state index contributed by atoms with van der Waals surface area (Å²) in [7, 11) is 0. The highest BCUT2D eigenvalue weighted by atomic mass is 19.4. The van der Waals surface area contributed by atoms with Gasteiger partial charge in [-0.05, 0) is 24.3 Å². The zero-order valence-corrected chi connectivity index (χ0v) is 8.72. The van der Waals surface area contributed by atoms with Crippen LogP contribution in [0.4, 0.5) is 18.9 Å². The van der Waals surface area contributed by atoms with E-state index in [1.165, 1.54) is 17.2 Å². The molecule has 2 rings (SSSR count). The Bertz CT molecular complexity index is 465. The third kappa shape index (κ3) is 2.47. The molecule has 0 bridgehead atoms. The predicted molar refractivity (Wildman–Crippen MR) is 59.5 cm³/mol. The first-order chi connectivity index (χ1) is 7.98. The van der Waals surface area contributed by atoms with E-state index < -0.39 is 18.0 Å². The molecule has 0 aliphatic carbocycles. The molecule has 0 spiro atoms. The van der Waals surface area contributed by atoms with Gasteiger partial charge in [-0.2, -0.15) is 13.2 Å². The minimum atomic E-state index is -4.36. The lowest BCUT2D eigenvalue weighted by atomic mass is 10.2. The van der Waals surface area contributed by atoms with E-state index >= 15 is 0 Å². The Morgan fingerprint density at radius 2 is 2.06 bits per heavy atom. The molecule has 1 unspecified atom stereocenters. The largest absolute Gasteiger partial charge is 0.416 e. The van der Waals surface area contributed by atoms with Gasteiger partial charge in [-0.25, -0.2) is 0 Å². The van der Waals surface area contributed by atoms with Gasteiger partial charge < -0.3 is 4.90 Å². The molecule has 1 aromatic carbocycles. The first-order valence-corrected chi connectivity index (χ1v) is 4.89. The highest BCUT2D eigenvalue weighted by Crippen LogP contribution is 2.32. The smallest absolute Gasteiger partial charge is 0.313 e. The van der Waals surface area contributed by atoms with Crippen LogP contribution in [-0.4, -0.2) is 12.5 Å². The average molecular weight is 241 g/mol. The number of benzene rings is 1. The van der Waals surface area contributed by atoms with Gasteiger partial charge in [0.05, 0.1) is 5.56 Å². The molecule has 1 aliphatic rings. The van der Waals surface area contributed by atoms with Crippen LogP contribution in [0.25, 0.3) is 0 Å². The van der Waals surface area contributed by atoms with Crippen LogP contribution in [0.1, 0.15) is 5.56 Å². The lowest BCUT2D eigenvalue weighted by Crippen LogP contribution is -2.38. The van der Waals surface area contributed by atoms with E-state index in [0.717, 1.165) is 12.1 Å². The molecule has 6 heteroatoms. The fraction of sp³-hybridized carbons (Fsp3) is 0.182. The maximum Gasteiger partial charge on any atom is 0.416 e. The molecule has 0 saturated carbocycles. The van der Waals surface area contributed by atoms with Crippen molar-refractivity contribution < 1.29 is 13.2 Å². The minimum absolute atomic E-state index is 0.362. The van der Waals surface area contributed by atoms with Crippen molar-refractivity contribution in [1.82, 2.24) is 0 Å². The molecule has 1 heterocycles. The summed E-state index contributed by atoms with van der Waals surface area (Å²) in [5.41, 5.74) is 5.32. The van der Waals surface area contributed by atoms with Gasteiger partial charge in [-0.15, -0.1) is 0 Å². The van der Waals surface area contributed by atoms with Gasteiger partial charge in [0.2, 0.25) is 0 Å². The van der Waals surface area contributed by atoms with Crippen LogP contribution in [0.5, 0.6) is 0 Å². The van der Waals surface area contributed by atoms with E-state index in [2.05, 4.69) is 4.99 Å². The molecule has 1 aromatic rings. The SMILES string of the molecule is NC1N=CC=CN1c1cccc(C(F)(F)F)c1. The monoisotopic (exact) mass is 241 g/mol. The van der Waals surface area contributed by atoms with Gasteiger partial charge in [0, 0.05) is 18.1 Å². The number of hydrogen-bond donors (Lipinski definition) is 1. The van der Waals surface area contributed by atoms with Crippen LogP contribution in [0.2, 0.25) is 0 Å². The number of rotatable bonds is 1. The number of nitrogens with two attached hydrogens (primary N) is 1. The molecular formula is C11H10F3N3. The third-order valence-electron chi connectivity index (χ3n) is 2.33.